The van der Waals surface area contributed by atoms with Gasteiger partial charge in [0.25, 0.3) is 0 Å². The van der Waals surface area contributed by atoms with Crippen molar-refractivity contribution in [3.05, 3.63) is 35.9 Å². The van der Waals surface area contributed by atoms with Gasteiger partial charge in [0, 0.05) is 19.5 Å². The minimum atomic E-state index is -2.07. The number of nitrogens with two attached hydrogens (primary N) is 4. The molecule has 0 radical (unpaired) electrons. The lowest BCUT2D eigenvalue weighted by Gasteiger charge is -2.29. The summed E-state index contributed by atoms with van der Waals surface area (Å²) in [6.07, 6.45) is -2.28. The Kier molecular flexibility index (Phi) is 29.7. The molecule has 1 aromatic rings. The van der Waals surface area contributed by atoms with Crippen LogP contribution in [0.2, 0.25) is 0 Å². The lowest BCUT2D eigenvalue weighted by molar-refractivity contribution is -0.144. The number of hydrogen-bond donors (Lipinski definition) is 17. The van der Waals surface area contributed by atoms with E-state index in [0.29, 0.717) is 37.8 Å². The van der Waals surface area contributed by atoms with E-state index in [1.165, 1.54) is 11.8 Å². The summed E-state index contributed by atoms with van der Waals surface area (Å²) in [6.45, 7) is 5.20. The highest BCUT2D eigenvalue weighted by Gasteiger charge is 2.40. The number of guanidine groups is 1. The highest BCUT2D eigenvalue weighted by atomic mass is 16.4. The standard InChI is InChI=1S/C50H80N14O17/c1-25(2)20-31(61-46(77)36-16-11-19-64(36)48(79)29(52)14-8-9-17-51)43(74)59-34(23-38(69)70)45(76)60-33(22-37(67)68)44(75)57-30(15-10-18-55-50(53)54)41(72)58-32(21-28-12-6-5-7-13-28)42(73)56-26(3)40(71)63-39(27(4)66)47(78)62-35(24-65)49(80)81/h5-7,12-13,25-27,29-36,39,65-66H,8-11,14-24,51-52H2,1-4H3,(H,56,73)(H,57,75)(H,58,72)(H,59,74)(H,60,76)(H,61,77)(H,62,78)(H,63,71)(H,67,68)(H,69,70)(H,80,81)(H4,53,54,55)/t26-,27+,29-,30-,31-,32-,33-,34-,35-,36-,39-/m0/s1. The number of carboxylic acids is 3. The van der Waals surface area contributed by atoms with Crippen molar-refractivity contribution >= 4 is 77.0 Å². The van der Waals surface area contributed by atoms with E-state index in [4.69, 9.17) is 22.9 Å². The van der Waals surface area contributed by atoms with Crippen LogP contribution in [0.4, 0.5) is 0 Å². The van der Waals surface area contributed by atoms with Gasteiger partial charge in [-0.15, -0.1) is 0 Å². The van der Waals surface area contributed by atoms with Crippen molar-refractivity contribution in [1.29, 1.82) is 0 Å². The average molecular weight is 1150 g/mol. The number of hydrogen-bond acceptors (Lipinski definition) is 17. The van der Waals surface area contributed by atoms with E-state index in [9.17, 15) is 83.1 Å². The maximum absolute atomic E-state index is 14.3. The molecule has 1 saturated heterocycles. The second-order valence-corrected chi connectivity index (χ2v) is 19.9. The molecule has 1 aromatic carbocycles. The lowest BCUT2D eigenvalue weighted by Crippen LogP contribution is -2.61. The summed E-state index contributed by atoms with van der Waals surface area (Å²) in [6, 6.07) is -7.58. The minimum absolute atomic E-state index is 0.0354. The molecule has 452 valence electrons. The zero-order valence-electron chi connectivity index (χ0n) is 45.8. The van der Waals surface area contributed by atoms with Crippen LogP contribution in [0.15, 0.2) is 35.3 Å². The van der Waals surface area contributed by atoms with E-state index >= 15 is 0 Å². The molecule has 0 aromatic heterocycles. The van der Waals surface area contributed by atoms with Crippen molar-refractivity contribution in [2.45, 2.75) is 165 Å². The summed E-state index contributed by atoms with van der Waals surface area (Å²) < 4.78 is 0. The van der Waals surface area contributed by atoms with E-state index in [0.717, 1.165) is 6.92 Å². The molecular formula is C50H80N14O17. The van der Waals surface area contributed by atoms with Crippen LogP contribution in [0.1, 0.15) is 97.5 Å². The maximum atomic E-state index is 14.3. The quantitative estimate of drug-likeness (QED) is 0.0169. The van der Waals surface area contributed by atoms with Gasteiger partial charge in [-0.3, -0.25) is 57.7 Å². The third-order valence-electron chi connectivity index (χ3n) is 12.6. The number of rotatable bonds is 36. The molecule has 1 fully saturated rings. The van der Waals surface area contributed by atoms with Crippen LogP contribution in [-0.4, -0.2) is 200 Å². The van der Waals surface area contributed by atoms with Gasteiger partial charge in [0.1, 0.15) is 54.4 Å². The summed E-state index contributed by atoms with van der Waals surface area (Å²) >= 11 is 0. The Morgan fingerprint density at radius 1 is 0.642 bits per heavy atom. The predicted octanol–water partition coefficient (Wildman–Crippen LogP) is -5.92. The number of aliphatic imine (C=N–C) groups is 1. The Bertz CT molecular complexity index is 2370. The van der Waals surface area contributed by atoms with Gasteiger partial charge in [0.05, 0.1) is 31.6 Å². The Hall–Kier alpha value is -8.03. The minimum Gasteiger partial charge on any atom is -0.481 e. The molecule has 0 aliphatic carbocycles. The van der Waals surface area contributed by atoms with Crippen LogP contribution in [0, 0.1) is 5.92 Å². The van der Waals surface area contributed by atoms with Crippen molar-refractivity contribution in [1.82, 2.24) is 47.4 Å². The zero-order valence-corrected chi connectivity index (χ0v) is 45.8. The number of aliphatic hydroxyl groups is 2. The molecule has 0 spiro atoms. The molecule has 0 saturated carbocycles. The van der Waals surface area contributed by atoms with Crippen molar-refractivity contribution < 1.29 is 83.1 Å². The summed E-state index contributed by atoms with van der Waals surface area (Å²) in [4.78, 5) is 164. The molecule has 2 rings (SSSR count). The number of unbranched alkanes of at least 4 members (excludes halogenated alkanes) is 1. The van der Waals surface area contributed by atoms with Crippen molar-refractivity contribution in [2.75, 3.05) is 26.2 Å². The molecule has 1 aliphatic rings. The van der Waals surface area contributed by atoms with Gasteiger partial charge < -0.3 is 95.9 Å². The van der Waals surface area contributed by atoms with E-state index in [-0.39, 0.29) is 57.1 Å². The third kappa shape index (κ3) is 24.5. The van der Waals surface area contributed by atoms with Crippen molar-refractivity contribution in [3.63, 3.8) is 0 Å². The molecule has 0 unspecified atom stereocenters. The Balaban J connectivity index is 2.44. The normalized spacial score (nSPS) is 16.7. The Labute approximate surface area is 467 Å². The number of aliphatic carboxylic acids is 3. The number of carbonyl (C=O) groups is 12. The molecule has 31 nitrogen and oxygen atoms in total. The summed E-state index contributed by atoms with van der Waals surface area (Å²) in [5.74, 6) is -14.7. The van der Waals surface area contributed by atoms with Crippen LogP contribution in [-0.2, 0) is 64.0 Å². The topological polar surface area (TPSA) is 522 Å². The molecule has 11 atom stereocenters. The van der Waals surface area contributed by atoms with Gasteiger partial charge in [-0.25, -0.2) is 4.79 Å². The van der Waals surface area contributed by atoms with Gasteiger partial charge in [0.2, 0.25) is 53.2 Å². The molecule has 31 heteroatoms. The summed E-state index contributed by atoms with van der Waals surface area (Å²) in [5, 5.41) is 66.9. The van der Waals surface area contributed by atoms with Crippen LogP contribution >= 0.6 is 0 Å². The number of aliphatic hydroxyl groups excluding tert-OH is 2. The number of carboxylic acid groups (broad SMARTS) is 3. The number of benzene rings is 1. The second kappa shape index (κ2) is 34.9. The van der Waals surface area contributed by atoms with Gasteiger partial charge in [-0.05, 0) is 76.8 Å². The number of carbonyl (C=O) groups excluding carboxylic acids is 9. The predicted molar refractivity (Wildman–Crippen MR) is 287 cm³/mol. The first-order valence-electron chi connectivity index (χ1n) is 26.3. The Morgan fingerprint density at radius 3 is 1.69 bits per heavy atom. The molecule has 0 bridgehead atoms. The number of likely N-dealkylation sites (tertiary alicyclic amines) is 1. The highest BCUT2D eigenvalue weighted by molar-refractivity contribution is 6.00. The van der Waals surface area contributed by atoms with Crippen molar-refractivity contribution in [2.24, 2.45) is 33.8 Å². The number of nitrogens with zero attached hydrogens (tertiary/aromatic N) is 2. The van der Waals surface area contributed by atoms with E-state index in [1.54, 1.807) is 44.2 Å². The van der Waals surface area contributed by atoms with Crippen LogP contribution in [0.3, 0.4) is 0 Å². The highest BCUT2D eigenvalue weighted by Crippen LogP contribution is 2.20. The van der Waals surface area contributed by atoms with E-state index in [1.807, 2.05) is 5.32 Å². The fraction of sp³-hybridized carbons (Fsp3) is 0.620. The third-order valence-corrected chi connectivity index (χ3v) is 12.6. The van der Waals surface area contributed by atoms with Gasteiger partial charge in [0.15, 0.2) is 5.96 Å². The molecule has 81 heavy (non-hydrogen) atoms. The molecule has 1 aliphatic heterocycles. The molecular weight excluding hydrogens is 1070 g/mol. The van der Waals surface area contributed by atoms with Crippen molar-refractivity contribution in [3.8, 4) is 0 Å². The average Bonchev–Trinajstić information content (AvgIpc) is 3.89. The van der Waals surface area contributed by atoms with E-state index in [2.05, 4.69) is 42.2 Å². The fourth-order valence-electron chi connectivity index (χ4n) is 8.32. The largest absolute Gasteiger partial charge is 0.481 e. The molecule has 21 N–H and O–H groups in total. The number of amides is 9. The van der Waals surface area contributed by atoms with Crippen LogP contribution < -0.4 is 65.5 Å². The monoisotopic (exact) mass is 1150 g/mol. The number of nitrogens with one attached hydrogen (secondary N) is 8. The Morgan fingerprint density at radius 2 is 1.17 bits per heavy atom. The summed E-state index contributed by atoms with van der Waals surface area (Å²) in [5.41, 5.74) is 23.1. The SMILES string of the molecule is CC(C)C[C@H](NC(=O)[C@@H]1CCCN1C(=O)[C@@H](N)CCCCN)C(=O)N[C@@H](CC(=O)O)C(=O)N[C@@H](CC(=O)O)C(=O)N[C@@H](CCCN=C(N)N)C(=O)N[C@@H](Cc1ccccc1)C(=O)N[C@@H](C)C(=O)N[C@H](C(=O)N[C@@H](CO)C(=O)O)[C@@H](C)O. The van der Waals surface area contributed by atoms with Gasteiger partial charge in [-0.2, -0.15) is 0 Å². The second-order valence-electron chi connectivity index (χ2n) is 19.9. The zero-order chi connectivity index (χ0) is 61.1. The van der Waals surface area contributed by atoms with Crippen LogP contribution in [0.5, 0.6) is 0 Å². The fourth-order valence-corrected chi connectivity index (χ4v) is 8.32. The first-order valence-corrected chi connectivity index (χ1v) is 26.3. The lowest BCUT2D eigenvalue weighted by atomic mass is 10.0. The van der Waals surface area contributed by atoms with E-state index < -0.39 is 157 Å². The maximum Gasteiger partial charge on any atom is 0.328 e. The first kappa shape index (κ1) is 69.1. The molecule has 9 amide bonds. The first-order chi connectivity index (χ1) is 38.1. The molecule has 1 heterocycles. The van der Waals surface area contributed by atoms with Gasteiger partial charge >= 0.3 is 17.9 Å². The smallest absolute Gasteiger partial charge is 0.328 e. The summed E-state index contributed by atoms with van der Waals surface area (Å²) in [7, 11) is 0. The van der Waals surface area contributed by atoms with Crippen LogP contribution in [0.25, 0.3) is 0 Å². The van der Waals surface area contributed by atoms with Gasteiger partial charge in [-0.1, -0.05) is 50.6 Å².